The number of halogens is 1. The highest BCUT2D eigenvalue weighted by molar-refractivity contribution is 5.51. The molecule has 1 saturated carbocycles. The zero-order valence-corrected chi connectivity index (χ0v) is 10.0. The molecule has 1 spiro atoms. The minimum atomic E-state index is -0.132. The fraction of sp³-hybridized carbons (Fsp3) is 0.571. The number of fused-ring (bicyclic) bond motifs is 2. The second-order valence-electron chi connectivity index (χ2n) is 5.32. The Hall–Kier alpha value is -1.05. The van der Waals surface area contributed by atoms with Crippen LogP contribution in [0, 0.1) is 24.6 Å². The summed E-state index contributed by atoms with van der Waals surface area (Å²) in [5.74, 6) is 2.10. The molecule has 0 saturated heterocycles. The van der Waals surface area contributed by atoms with Crippen molar-refractivity contribution in [3.05, 3.63) is 29.1 Å². The van der Waals surface area contributed by atoms with Crippen molar-refractivity contribution >= 4 is 0 Å². The Bertz CT molecular complexity index is 444. The lowest BCUT2D eigenvalue weighted by atomic mass is 9.85. The van der Waals surface area contributed by atoms with Crippen LogP contribution in [0.3, 0.4) is 0 Å². The van der Waals surface area contributed by atoms with Gasteiger partial charge in [0.25, 0.3) is 0 Å². The van der Waals surface area contributed by atoms with Gasteiger partial charge >= 0.3 is 0 Å². The summed E-state index contributed by atoms with van der Waals surface area (Å²) in [5.41, 5.74) is 2.23. The van der Waals surface area contributed by atoms with Crippen molar-refractivity contribution in [2.75, 3.05) is 6.61 Å². The highest BCUT2D eigenvalue weighted by Gasteiger charge is 2.62. The van der Waals surface area contributed by atoms with Crippen LogP contribution in [0.5, 0.6) is 5.75 Å². The second kappa shape index (κ2) is 2.99. The Morgan fingerprint density at radius 2 is 2.00 bits per heavy atom. The van der Waals surface area contributed by atoms with Gasteiger partial charge < -0.3 is 4.74 Å². The molecule has 3 rings (SSSR count). The van der Waals surface area contributed by atoms with Crippen LogP contribution < -0.4 is 4.74 Å². The Morgan fingerprint density at radius 3 is 2.62 bits per heavy atom. The van der Waals surface area contributed by atoms with Gasteiger partial charge in [-0.1, -0.05) is 13.8 Å². The van der Waals surface area contributed by atoms with Crippen molar-refractivity contribution in [1.82, 2.24) is 0 Å². The van der Waals surface area contributed by atoms with Crippen molar-refractivity contribution in [2.24, 2.45) is 11.8 Å². The third-order valence-electron chi connectivity index (χ3n) is 4.77. The smallest absolute Gasteiger partial charge is 0.126 e. The molecule has 0 radical (unpaired) electrons. The van der Waals surface area contributed by atoms with Gasteiger partial charge in [-0.05, 0) is 42.9 Å². The van der Waals surface area contributed by atoms with Crippen molar-refractivity contribution < 1.29 is 9.13 Å². The minimum Gasteiger partial charge on any atom is -0.493 e. The Kier molecular flexibility index (Phi) is 1.90. The summed E-state index contributed by atoms with van der Waals surface area (Å²) >= 11 is 0. The number of benzene rings is 1. The van der Waals surface area contributed by atoms with E-state index in [1.807, 2.05) is 6.92 Å². The van der Waals surface area contributed by atoms with Crippen molar-refractivity contribution in [2.45, 2.75) is 32.6 Å². The molecule has 2 aliphatic rings. The quantitative estimate of drug-likeness (QED) is 0.650. The fourth-order valence-corrected chi connectivity index (χ4v) is 3.53. The van der Waals surface area contributed by atoms with Crippen LogP contribution in [-0.2, 0) is 5.41 Å². The molecule has 86 valence electrons. The summed E-state index contributed by atoms with van der Waals surface area (Å²) in [6, 6.07) is 3.25. The van der Waals surface area contributed by atoms with Crippen molar-refractivity contribution in [3.8, 4) is 5.75 Å². The first kappa shape index (κ1) is 10.1. The van der Waals surface area contributed by atoms with Gasteiger partial charge in [-0.2, -0.15) is 0 Å². The van der Waals surface area contributed by atoms with Crippen LogP contribution in [0.4, 0.5) is 4.39 Å². The van der Waals surface area contributed by atoms with Gasteiger partial charge in [-0.25, -0.2) is 4.39 Å². The van der Waals surface area contributed by atoms with Gasteiger partial charge in [0, 0.05) is 11.0 Å². The number of rotatable bonds is 0. The second-order valence-corrected chi connectivity index (χ2v) is 5.32. The van der Waals surface area contributed by atoms with Crippen molar-refractivity contribution in [1.29, 1.82) is 0 Å². The van der Waals surface area contributed by atoms with Gasteiger partial charge in [0.15, 0.2) is 0 Å². The summed E-state index contributed by atoms with van der Waals surface area (Å²) < 4.78 is 19.2. The van der Waals surface area contributed by atoms with E-state index in [9.17, 15) is 4.39 Å². The lowest BCUT2D eigenvalue weighted by molar-refractivity contribution is 0.248. The lowest BCUT2D eigenvalue weighted by Crippen LogP contribution is -2.23. The first-order chi connectivity index (χ1) is 7.57. The molecule has 0 N–H and O–H groups in total. The SMILES string of the molecule is Cc1cc(F)cc2c1OCCC21C(C)C1C. The first-order valence-corrected chi connectivity index (χ1v) is 6.01. The molecule has 1 aromatic rings. The molecule has 1 nitrogen and oxygen atoms in total. The van der Waals surface area contributed by atoms with E-state index in [0.29, 0.717) is 11.8 Å². The van der Waals surface area contributed by atoms with E-state index >= 15 is 0 Å². The average molecular weight is 220 g/mol. The van der Waals surface area contributed by atoms with Gasteiger partial charge in [-0.15, -0.1) is 0 Å². The molecule has 1 fully saturated rings. The Balaban J connectivity index is 2.20. The summed E-state index contributed by atoms with van der Waals surface area (Å²) in [7, 11) is 0. The summed E-state index contributed by atoms with van der Waals surface area (Å²) in [4.78, 5) is 0. The predicted octanol–water partition coefficient (Wildman–Crippen LogP) is 3.44. The molecule has 1 heterocycles. The monoisotopic (exact) mass is 220 g/mol. The fourth-order valence-electron chi connectivity index (χ4n) is 3.53. The first-order valence-electron chi connectivity index (χ1n) is 6.01. The van der Waals surface area contributed by atoms with Crippen LogP contribution in [0.25, 0.3) is 0 Å². The van der Waals surface area contributed by atoms with Gasteiger partial charge in [0.1, 0.15) is 11.6 Å². The molecule has 0 aromatic heterocycles. The standard InChI is InChI=1S/C14H17FO/c1-8-6-11(15)7-12-13(8)16-5-4-14(12)9(2)10(14)3/h6-7,9-10H,4-5H2,1-3H3. The van der Waals surface area contributed by atoms with Crippen LogP contribution in [0.15, 0.2) is 12.1 Å². The van der Waals surface area contributed by atoms with Crippen LogP contribution in [0.1, 0.15) is 31.4 Å². The van der Waals surface area contributed by atoms with E-state index < -0.39 is 0 Å². The van der Waals surface area contributed by atoms with E-state index in [1.54, 1.807) is 12.1 Å². The average Bonchev–Trinajstić information content (AvgIpc) is 2.74. The molecule has 1 aliphatic heterocycles. The third kappa shape index (κ3) is 1.05. The minimum absolute atomic E-state index is 0.132. The lowest BCUT2D eigenvalue weighted by Gasteiger charge is -2.28. The molecule has 2 heteroatoms. The number of aryl methyl sites for hydroxylation is 1. The maximum atomic E-state index is 13.5. The van der Waals surface area contributed by atoms with Crippen molar-refractivity contribution in [3.63, 3.8) is 0 Å². The highest BCUT2D eigenvalue weighted by atomic mass is 19.1. The molecule has 2 unspecified atom stereocenters. The van der Waals surface area contributed by atoms with E-state index in [0.717, 1.165) is 29.9 Å². The van der Waals surface area contributed by atoms with Crippen LogP contribution >= 0.6 is 0 Å². The molecule has 16 heavy (non-hydrogen) atoms. The molecular weight excluding hydrogens is 203 g/mol. The van der Waals surface area contributed by atoms with E-state index in [4.69, 9.17) is 4.74 Å². The van der Waals surface area contributed by atoms with Gasteiger partial charge in [0.2, 0.25) is 0 Å². The predicted molar refractivity (Wildman–Crippen MR) is 61.3 cm³/mol. The molecule has 1 aliphatic carbocycles. The number of hydrogen-bond acceptors (Lipinski definition) is 1. The van der Waals surface area contributed by atoms with Crippen LogP contribution in [-0.4, -0.2) is 6.61 Å². The third-order valence-corrected chi connectivity index (χ3v) is 4.77. The summed E-state index contributed by atoms with van der Waals surface area (Å²) in [6.45, 7) is 7.23. The van der Waals surface area contributed by atoms with E-state index in [-0.39, 0.29) is 11.2 Å². The Morgan fingerprint density at radius 1 is 1.31 bits per heavy atom. The summed E-state index contributed by atoms with van der Waals surface area (Å²) in [5, 5.41) is 0. The highest BCUT2D eigenvalue weighted by Crippen LogP contribution is 2.65. The number of hydrogen-bond donors (Lipinski definition) is 0. The summed E-state index contributed by atoms with van der Waals surface area (Å²) in [6.07, 6.45) is 1.03. The molecule has 2 atom stereocenters. The van der Waals surface area contributed by atoms with Gasteiger partial charge in [-0.3, -0.25) is 0 Å². The maximum Gasteiger partial charge on any atom is 0.126 e. The van der Waals surface area contributed by atoms with Crippen LogP contribution in [0.2, 0.25) is 0 Å². The maximum absolute atomic E-state index is 13.5. The molecule has 0 bridgehead atoms. The molecule has 1 aromatic carbocycles. The molecular formula is C14H17FO. The normalized spacial score (nSPS) is 35.8. The largest absolute Gasteiger partial charge is 0.493 e. The topological polar surface area (TPSA) is 9.23 Å². The zero-order chi connectivity index (χ0) is 11.5. The molecule has 0 amide bonds. The number of ether oxygens (including phenoxy) is 1. The van der Waals surface area contributed by atoms with Gasteiger partial charge in [0.05, 0.1) is 6.61 Å². The van der Waals surface area contributed by atoms with E-state index in [2.05, 4.69) is 13.8 Å². The zero-order valence-electron chi connectivity index (χ0n) is 10.0. The Labute approximate surface area is 95.6 Å². The van der Waals surface area contributed by atoms with E-state index in [1.165, 1.54) is 0 Å².